The highest BCUT2D eigenvalue weighted by atomic mass is 16.5. The van der Waals surface area contributed by atoms with Gasteiger partial charge in [0.15, 0.2) is 0 Å². The van der Waals surface area contributed by atoms with Crippen molar-refractivity contribution in [2.45, 2.75) is 72.8 Å². The monoisotopic (exact) mass is 348 g/mol. The Morgan fingerprint density at radius 2 is 1.76 bits per heavy atom. The third-order valence-electron chi connectivity index (χ3n) is 4.23. The number of esters is 1. The zero-order valence-electron chi connectivity index (χ0n) is 16.6. The predicted octanol–water partition coefficient (Wildman–Crippen LogP) is 5.49. The average Bonchev–Trinajstić information content (AvgIpc) is 2.51. The summed E-state index contributed by atoms with van der Waals surface area (Å²) in [5.74, 6) is 1.04. The van der Waals surface area contributed by atoms with Gasteiger partial charge in [0.2, 0.25) is 0 Å². The van der Waals surface area contributed by atoms with Crippen LogP contribution in [0.5, 0.6) is 0 Å². The molecule has 1 atom stereocenters. The summed E-state index contributed by atoms with van der Waals surface area (Å²) in [5.41, 5.74) is 7.83. The normalized spacial score (nSPS) is 12.4. The summed E-state index contributed by atoms with van der Waals surface area (Å²) < 4.78 is 5.31. The van der Waals surface area contributed by atoms with Crippen LogP contribution in [-0.2, 0) is 4.74 Å². The van der Waals surface area contributed by atoms with Gasteiger partial charge in [-0.05, 0) is 50.3 Å². The van der Waals surface area contributed by atoms with Crippen LogP contribution in [0.1, 0.15) is 77.1 Å². The summed E-state index contributed by atoms with van der Waals surface area (Å²) >= 11 is 0. The number of nitrogens with one attached hydrogen (secondary N) is 1. The van der Waals surface area contributed by atoms with E-state index in [4.69, 9.17) is 10.5 Å². The van der Waals surface area contributed by atoms with E-state index in [9.17, 15) is 4.79 Å². The molecule has 1 unspecified atom stereocenters. The second-order valence-corrected chi connectivity index (χ2v) is 7.78. The van der Waals surface area contributed by atoms with Crippen molar-refractivity contribution in [3.8, 4) is 0 Å². The van der Waals surface area contributed by atoms with Crippen LogP contribution in [0.15, 0.2) is 18.2 Å². The van der Waals surface area contributed by atoms with Gasteiger partial charge >= 0.3 is 5.97 Å². The second kappa shape index (κ2) is 11.0. The molecular formula is C21H36N2O2. The Kier molecular flexibility index (Phi) is 9.40. The van der Waals surface area contributed by atoms with Crippen LogP contribution in [0, 0.1) is 11.8 Å². The molecule has 0 spiro atoms. The highest BCUT2D eigenvalue weighted by Crippen LogP contribution is 2.22. The first kappa shape index (κ1) is 21.3. The average molecular weight is 349 g/mol. The Bertz CT molecular complexity index is 527. The van der Waals surface area contributed by atoms with Gasteiger partial charge in [-0.25, -0.2) is 4.79 Å². The number of nitrogens with two attached hydrogens (primary N) is 1. The lowest BCUT2D eigenvalue weighted by Crippen LogP contribution is -2.17. The van der Waals surface area contributed by atoms with Gasteiger partial charge in [-0.2, -0.15) is 0 Å². The number of rotatable bonds is 11. The summed E-state index contributed by atoms with van der Waals surface area (Å²) in [6.07, 6.45) is 6.25. The van der Waals surface area contributed by atoms with Crippen molar-refractivity contribution in [1.29, 1.82) is 0 Å². The minimum atomic E-state index is -0.307. The molecule has 0 aliphatic rings. The van der Waals surface area contributed by atoms with Crippen LogP contribution in [-0.4, -0.2) is 18.6 Å². The number of hydrogen-bond acceptors (Lipinski definition) is 4. The first-order valence-corrected chi connectivity index (χ1v) is 9.64. The smallest absolute Gasteiger partial charge is 0.340 e. The molecule has 0 bridgehead atoms. The molecule has 1 rings (SSSR count). The topological polar surface area (TPSA) is 64.3 Å². The second-order valence-electron chi connectivity index (χ2n) is 7.78. The van der Waals surface area contributed by atoms with Gasteiger partial charge < -0.3 is 15.8 Å². The Balaban J connectivity index is 2.50. The molecule has 25 heavy (non-hydrogen) atoms. The van der Waals surface area contributed by atoms with E-state index >= 15 is 0 Å². The molecule has 1 aromatic carbocycles. The van der Waals surface area contributed by atoms with E-state index in [-0.39, 0.29) is 12.1 Å². The Labute approximate surface area is 153 Å². The SMILES string of the molecule is CC(C)CCCCCC(C)CNc1cc(N)ccc1C(=O)OC(C)C. The number of benzene rings is 1. The molecule has 0 saturated heterocycles. The summed E-state index contributed by atoms with van der Waals surface area (Å²) in [6.45, 7) is 11.3. The summed E-state index contributed by atoms with van der Waals surface area (Å²) in [4.78, 5) is 12.2. The number of ether oxygens (including phenoxy) is 1. The minimum Gasteiger partial charge on any atom is -0.459 e. The van der Waals surface area contributed by atoms with Crippen molar-refractivity contribution in [2.75, 3.05) is 17.6 Å². The van der Waals surface area contributed by atoms with E-state index in [0.29, 0.717) is 17.2 Å². The molecule has 0 fully saturated rings. The first-order chi connectivity index (χ1) is 11.8. The molecule has 142 valence electrons. The zero-order valence-corrected chi connectivity index (χ0v) is 16.6. The van der Waals surface area contributed by atoms with Gasteiger partial charge in [0.25, 0.3) is 0 Å². The van der Waals surface area contributed by atoms with Crippen LogP contribution >= 0.6 is 0 Å². The number of anilines is 2. The Morgan fingerprint density at radius 1 is 1.08 bits per heavy atom. The van der Waals surface area contributed by atoms with Gasteiger partial charge in [-0.3, -0.25) is 0 Å². The largest absolute Gasteiger partial charge is 0.459 e. The van der Waals surface area contributed by atoms with Gasteiger partial charge in [0, 0.05) is 12.2 Å². The van der Waals surface area contributed by atoms with E-state index in [1.807, 2.05) is 19.9 Å². The van der Waals surface area contributed by atoms with Gasteiger partial charge in [-0.1, -0.05) is 46.5 Å². The van der Waals surface area contributed by atoms with Gasteiger partial charge in [0.05, 0.1) is 17.4 Å². The lowest BCUT2D eigenvalue weighted by molar-refractivity contribution is 0.0379. The number of hydrogen-bond donors (Lipinski definition) is 2. The third kappa shape index (κ3) is 8.80. The number of carbonyl (C=O) groups excluding carboxylic acids is 1. The molecule has 0 heterocycles. The third-order valence-corrected chi connectivity index (χ3v) is 4.23. The maximum atomic E-state index is 12.2. The predicted molar refractivity (Wildman–Crippen MR) is 107 cm³/mol. The van der Waals surface area contributed by atoms with Crippen LogP contribution in [0.25, 0.3) is 0 Å². The molecule has 0 radical (unpaired) electrons. The van der Waals surface area contributed by atoms with Crippen molar-refractivity contribution in [3.63, 3.8) is 0 Å². The Hall–Kier alpha value is -1.71. The quantitative estimate of drug-likeness (QED) is 0.315. The van der Waals surface area contributed by atoms with Gasteiger partial charge in [0.1, 0.15) is 0 Å². The van der Waals surface area contributed by atoms with E-state index < -0.39 is 0 Å². The van der Waals surface area contributed by atoms with Crippen LogP contribution in [0.4, 0.5) is 11.4 Å². The lowest BCUT2D eigenvalue weighted by atomic mass is 10.00. The zero-order chi connectivity index (χ0) is 18.8. The summed E-state index contributed by atoms with van der Waals surface area (Å²) in [7, 11) is 0. The molecular weight excluding hydrogens is 312 g/mol. The maximum absolute atomic E-state index is 12.2. The fourth-order valence-electron chi connectivity index (χ4n) is 2.77. The van der Waals surface area contributed by atoms with Crippen molar-refractivity contribution in [1.82, 2.24) is 0 Å². The van der Waals surface area contributed by atoms with Crippen molar-refractivity contribution in [2.24, 2.45) is 11.8 Å². The molecule has 4 nitrogen and oxygen atoms in total. The molecule has 4 heteroatoms. The van der Waals surface area contributed by atoms with E-state index in [1.165, 1.54) is 32.1 Å². The van der Waals surface area contributed by atoms with Crippen molar-refractivity contribution in [3.05, 3.63) is 23.8 Å². The van der Waals surface area contributed by atoms with Crippen LogP contribution < -0.4 is 11.1 Å². The number of nitrogen functional groups attached to an aromatic ring is 1. The lowest BCUT2D eigenvalue weighted by Gasteiger charge is -2.17. The van der Waals surface area contributed by atoms with Crippen molar-refractivity contribution < 1.29 is 9.53 Å². The maximum Gasteiger partial charge on any atom is 0.340 e. The highest BCUT2D eigenvalue weighted by molar-refractivity contribution is 5.96. The molecule has 0 saturated carbocycles. The molecule has 0 aromatic heterocycles. The fraction of sp³-hybridized carbons (Fsp3) is 0.667. The number of unbranched alkanes of at least 4 members (excludes halogenated alkanes) is 2. The standard InChI is InChI=1S/C21H36N2O2/c1-15(2)9-7-6-8-10-17(5)14-23-20-13-18(22)11-12-19(20)21(24)25-16(3)4/h11-13,15-17,23H,6-10,14,22H2,1-5H3. The first-order valence-electron chi connectivity index (χ1n) is 9.64. The molecule has 0 amide bonds. The molecule has 3 N–H and O–H groups in total. The summed E-state index contributed by atoms with van der Waals surface area (Å²) in [6, 6.07) is 5.28. The molecule has 0 aliphatic heterocycles. The van der Waals surface area contributed by atoms with E-state index in [2.05, 4.69) is 26.1 Å². The number of carbonyl (C=O) groups is 1. The minimum absolute atomic E-state index is 0.136. The van der Waals surface area contributed by atoms with E-state index in [0.717, 1.165) is 18.2 Å². The van der Waals surface area contributed by atoms with E-state index in [1.54, 1.807) is 12.1 Å². The summed E-state index contributed by atoms with van der Waals surface area (Å²) in [5, 5.41) is 3.39. The van der Waals surface area contributed by atoms with Gasteiger partial charge in [-0.15, -0.1) is 0 Å². The molecule has 1 aromatic rings. The molecule has 0 aliphatic carbocycles. The highest BCUT2D eigenvalue weighted by Gasteiger charge is 2.15. The fourth-order valence-corrected chi connectivity index (χ4v) is 2.77. The van der Waals surface area contributed by atoms with Crippen LogP contribution in [0.2, 0.25) is 0 Å². The Morgan fingerprint density at radius 3 is 2.40 bits per heavy atom. The van der Waals surface area contributed by atoms with Crippen LogP contribution in [0.3, 0.4) is 0 Å². The van der Waals surface area contributed by atoms with Crippen molar-refractivity contribution >= 4 is 17.3 Å².